The number of aromatic carboxylic acids is 1. The van der Waals surface area contributed by atoms with Crippen molar-refractivity contribution in [2.24, 2.45) is 11.7 Å². The Morgan fingerprint density at radius 2 is 2.15 bits per heavy atom. The van der Waals surface area contributed by atoms with Gasteiger partial charge in [0.25, 0.3) is 0 Å². The van der Waals surface area contributed by atoms with E-state index in [-0.39, 0.29) is 23.0 Å². The van der Waals surface area contributed by atoms with Gasteiger partial charge < -0.3 is 25.0 Å². The monoisotopic (exact) mass is 374 g/mol. The summed E-state index contributed by atoms with van der Waals surface area (Å²) < 4.78 is 30.9. The van der Waals surface area contributed by atoms with Crippen molar-refractivity contribution in [1.29, 1.82) is 0 Å². The maximum absolute atomic E-state index is 12.8. The number of piperidine rings is 1. The van der Waals surface area contributed by atoms with Crippen LogP contribution in [0.15, 0.2) is 23.1 Å². The van der Waals surface area contributed by atoms with Gasteiger partial charge in [0.05, 0.1) is 23.7 Å². The fourth-order valence-corrected chi connectivity index (χ4v) is 3.99. The van der Waals surface area contributed by atoms with Crippen molar-refractivity contribution in [3.05, 3.63) is 34.1 Å². The predicted octanol–water partition coefficient (Wildman–Crippen LogP) is 2.22. The summed E-state index contributed by atoms with van der Waals surface area (Å²) in [4.78, 5) is 26.3. The smallest absolute Gasteiger partial charge is 0.341 e. The Morgan fingerprint density at radius 3 is 2.78 bits per heavy atom. The minimum Gasteiger partial charge on any atom is -0.492 e. The average molecular weight is 374 g/mol. The molecule has 1 saturated heterocycles. The summed E-state index contributed by atoms with van der Waals surface area (Å²) in [5, 5.41) is 9.73. The maximum atomic E-state index is 12.8. The number of benzene rings is 1. The van der Waals surface area contributed by atoms with Crippen LogP contribution >= 0.6 is 0 Å². The minimum atomic E-state index is -2.12. The van der Waals surface area contributed by atoms with Crippen LogP contribution in [0.2, 0.25) is 0 Å². The molecule has 2 fully saturated rings. The van der Waals surface area contributed by atoms with E-state index in [0.29, 0.717) is 36.5 Å². The van der Waals surface area contributed by atoms with E-state index in [0.717, 1.165) is 12.8 Å². The van der Waals surface area contributed by atoms with Crippen molar-refractivity contribution in [1.82, 2.24) is 4.57 Å². The molecule has 27 heavy (non-hydrogen) atoms. The molecule has 0 radical (unpaired) electrons. The number of carboxylic acid groups (broad SMARTS) is 1. The van der Waals surface area contributed by atoms with E-state index in [4.69, 9.17) is 14.6 Å². The normalized spacial score (nSPS) is 25.0. The van der Waals surface area contributed by atoms with E-state index in [9.17, 15) is 14.7 Å². The summed E-state index contributed by atoms with van der Waals surface area (Å²) in [6.45, 7) is -1.35. The number of methoxy groups -OCH3 is 1. The first kappa shape index (κ1) is 14.5. The van der Waals surface area contributed by atoms with Gasteiger partial charge >= 0.3 is 5.97 Å². The third-order valence-electron chi connectivity index (χ3n) is 5.32. The molecule has 1 aromatic heterocycles. The van der Waals surface area contributed by atoms with Crippen LogP contribution in [0.4, 0.5) is 5.69 Å². The van der Waals surface area contributed by atoms with Gasteiger partial charge in [0.2, 0.25) is 5.43 Å². The number of carbonyl (C=O) groups is 1. The van der Waals surface area contributed by atoms with Crippen LogP contribution in [0, 0.1) is 5.92 Å². The fraction of sp³-hybridized carbons (Fsp3) is 0.500. The standard InChI is InChI=1S/C20H25N3O4/c1-11-7-12(21)9-22(8-11)16-6-5-14-17(19(16)27-2)23(13-3-4-13)10-15(18(14)24)20(25)26/h5-6,10-13H,3-4,7-9,21H2,1-2H3,(H,25,26)/t11-,12-/m0/s1/i1D3. The van der Waals surface area contributed by atoms with Gasteiger partial charge in [-0.15, -0.1) is 0 Å². The number of hydrogen-bond donors (Lipinski definition) is 2. The molecule has 3 N–H and O–H groups in total. The quantitative estimate of drug-likeness (QED) is 0.852. The summed E-state index contributed by atoms with van der Waals surface area (Å²) in [7, 11) is 1.50. The number of rotatable bonds is 4. The number of carboxylic acids is 1. The summed E-state index contributed by atoms with van der Waals surface area (Å²) in [6, 6.07) is 3.10. The zero-order chi connectivity index (χ0) is 21.8. The molecule has 0 spiro atoms. The molecular formula is C20H25N3O4. The Balaban J connectivity index is 1.90. The lowest BCUT2D eigenvalue weighted by atomic mass is 9.95. The van der Waals surface area contributed by atoms with Gasteiger partial charge in [0.15, 0.2) is 5.75 Å². The van der Waals surface area contributed by atoms with E-state index in [1.807, 2.05) is 9.47 Å². The lowest BCUT2D eigenvalue weighted by molar-refractivity contribution is 0.0695. The molecule has 1 saturated carbocycles. The largest absolute Gasteiger partial charge is 0.492 e. The Hall–Kier alpha value is -2.54. The van der Waals surface area contributed by atoms with Gasteiger partial charge in [-0.2, -0.15) is 0 Å². The Kier molecular flexibility index (Phi) is 3.53. The second-order valence-electron chi connectivity index (χ2n) is 7.43. The molecule has 2 atom stereocenters. The van der Waals surface area contributed by atoms with Crippen molar-refractivity contribution in [2.75, 3.05) is 25.1 Å². The summed E-state index contributed by atoms with van der Waals surface area (Å²) in [6.07, 6.45) is 3.59. The van der Waals surface area contributed by atoms with Gasteiger partial charge in [-0.05, 0) is 37.3 Å². The third kappa shape index (κ3) is 3.06. The first-order chi connectivity index (χ1) is 14.1. The number of hydrogen-bond acceptors (Lipinski definition) is 5. The molecule has 2 heterocycles. The van der Waals surface area contributed by atoms with Crippen LogP contribution in [0.1, 0.15) is 46.6 Å². The highest BCUT2D eigenvalue weighted by molar-refractivity contribution is 5.97. The predicted molar refractivity (Wildman–Crippen MR) is 104 cm³/mol. The number of aromatic nitrogens is 1. The molecule has 7 heteroatoms. The molecule has 0 unspecified atom stereocenters. The maximum Gasteiger partial charge on any atom is 0.341 e. The Bertz CT molecular complexity index is 1060. The molecule has 7 nitrogen and oxygen atoms in total. The van der Waals surface area contributed by atoms with Gasteiger partial charge in [-0.1, -0.05) is 6.85 Å². The lowest BCUT2D eigenvalue weighted by Gasteiger charge is -2.37. The summed E-state index contributed by atoms with van der Waals surface area (Å²) in [5.74, 6) is -1.39. The van der Waals surface area contributed by atoms with E-state index in [1.54, 1.807) is 12.1 Å². The molecule has 0 bridgehead atoms. The van der Waals surface area contributed by atoms with Crippen molar-refractivity contribution >= 4 is 22.6 Å². The van der Waals surface area contributed by atoms with Crippen molar-refractivity contribution in [3.8, 4) is 5.75 Å². The number of pyridine rings is 1. The number of fused-ring (bicyclic) bond motifs is 1. The van der Waals surface area contributed by atoms with Crippen LogP contribution in [-0.2, 0) is 0 Å². The first-order valence-corrected chi connectivity index (χ1v) is 9.11. The molecule has 1 aliphatic carbocycles. The highest BCUT2D eigenvalue weighted by atomic mass is 16.5. The first-order valence-electron chi connectivity index (χ1n) is 10.6. The molecule has 2 aliphatic rings. The van der Waals surface area contributed by atoms with Crippen LogP contribution in [0.25, 0.3) is 10.9 Å². The van der Waals surface area contributed by atoms with E-state index >= 15 is 0 Å². The zero-order valence-corrected chi connectivity index (χ0v) is 15.1. The number of nitrogens with zero attached hydrogens (tertiary/aromatic N) is 2. The van der Waals surface area contributed by atoms with E-state index < -0.39 is 24.2 Å². The summed E-state index contributed by atoms with van der Waals surface area (Å²) >= 11 is 0. The second kappa shape index (κ2) is 6.56. The SMILES string of the molecule is [2H]C([2H])([2H])[C@H]1C[C@H](N)CN(c2ccc3c(=O)c(C(=O)O)cn(C4CC4)c3c2OC)C1. The second-order valence-corrected chi connectivity index (χ2v) is 7.43. The Morgan fingerprint density at radius 1 is 1.37 bits per heavy atom. The molecule has 0 amide bonds. The molecule has 2 aromatic rings. The fourth-order valence-electron chi connectivity index (χ4n) is 3.99. The van der Waals surface area contributed by atoms with Gasteiger partial charge in [-0.25, -0.2) is 4.79 Å². The van der Waals surface area contributed by atoms with Gasteiger partial charge in [-0.3, -0.25) is 4.79 Å². The van der Waals surface area contributed by atoms with Crippen molar-refractivity contribution < 1.29 is 18.8 Å². The number of anilines is 1. The van der Waals surface area contributed by atoms with Crippen molar-refractivity contribution in [2.45, 2.75) is 38.2 Å². The molecule has 4 rings (SSSR count). The van der Waals surface area contributed by atoms with E-state index in [2.05, 4.69) is 0 Å². The number of ether oxygens (including phenoxy) is 1. The van der Waals surface area contributed by atoms with Crippen LogP contribution in [0.5, 0.6) is 5.75 Å². The lowest BCUT2D eigenvalue weighted by Crippen LogP contribution is -2.46. The molecular weight excluding hydrogens is 346 g/mol. The summed E-state index contributed by atoms with van der Waals surface area (Å²) in [5.41, 5.74) is 6.53. The molecule has 1 aliphatic heterocycles. The average Bonchev–Trinajstić information content (AvgIpc) is 3.51. The zero-order valence-electron chi connectivity index (χ0n) is 18.1. The van der Waals surface area contributed by atoms with Crippen LogP contribution in [0.3, 0.4) is 0 Å². The highest BCUT2D eigenvalue weighted by Crippen LogP contribution is 2.43. The topological polar surface area (TPSA) is 97.8 Å². The van der Waals surface area contributed by atoms with E-state index in [1.165, 1.54) is 13.3 Å². The van der Waals surface area contributed by atoms with Crippen LogP contribution < -0.4 is 20.8 Å². The van der Waals surface area contributed by atoms with Gasteiger partial charge in [0.1, 0.15) is 5.56 Å². The molecule has 144 valence electrons. The van der Waals surface area contributed by atoms with Crippen molar-refractivity contribution in [3.63, 3.8) is 0 Å². The number of nitrogens with two attached hydrogens (primary N) is 1. The Labute approximate surface area is 161 Å². The third-order valence-corrected chi connectivity index (χ3v) is 5.32. The van der Waals surface area contributed by atoms with Crippen LogP contribution in [-0.4, -0.2) is 41.9 Å². The minimum absolute atomic E-state index is 0.106. The van der Waals surface area contributed by atoms with Gasteiger partial charge in [0, 0.05) is 35.5 Å². The highest BCUT2D eigenvalue weighted by Gasteiger charge is 2.31. The molecule has 1 aromatic carbocycles.